The molecular weight excluding hydrogens is 412 g/mol. The highest BCUT2D eigenvalue weighted by Crippen LogP contribution is 2.32. The van der Waals surface area contributed by atoms with Gasteiger partial charge in [0.15, 0.2) is 11.4 Å². The molecule has 3 aromatic rings. The van der Waals surface area contributed by atoms with Gasteiger partial charge in [-0.25, -0.2) is 0 Å². The van der Waals surface area contributed by atoms with Gasteiger partial charge in [0.25, 0.3) is 0 Å². The van der Waals surface area contributed by atoms with Gasteiger partial charge in [-0.15, -0.1) is 0 Å². The Bertz CT molecular complexity index is 1080. The van der Waals surface area contributed by atoms with Crippen LogP contribution in [0.1, 0.15) is 31.2 Å². The summed E-state index contributed by atoms with van der Waals surface area (Å²) < 4.78 is 12.0. The van der Waals surface area contributed by atoms with Gasteiger partial charge in [-0.2, -0.15) is 0 Å². The maximum atomic E-state index is 6.41. The summed E-state index contributed by atoms with van der Waals surface area (Å²) >= 11 is 0. The van der Waals surface area contributed by atoms with Gasteiger partial charge in [-0.1, -0.05) is 35.5 Å². The van der Waals surface area contributed by atoms with Crippen LogP contribution in [0.4, 0.5) is 5.82 Å². The van der Waals surface area contributed by atoms with Gasteiger partial charge in [-0.05, 0) is 57.0 Å². The summed E-state index contributed by atoms with van der Waals surface area (Å²) in [5.41, 5.74) is 2.21. The van der Waals surface area contributed by atoms with Gasteiger partial charge in [0.1, 0.15) is 5.75 Å². The smallest absolute Gasteiger partial charge is 0.180 e. The van der Waals surface area contributed by atoms with Gasteiger partial charge in [0, 0.05) is 50.2 Å². The molecular formula is C27H34N4O2. The lowest BCUT2D eigenvalue weighted by Crippen LogP contribution is -2.57. The number of ether oxygens (including phenoxy) is 1. The Balaban J connectivity index is 1.05. The normalized spacial score (nSPS) is 24.3. The predicted octanol–water partition coefficient (Wildman–Crippen LogP) is 4.40. The van der Waals surface area contributed by atoms with Crippen molar-refractivity contribution < 1.29 is 9.26 Å². The molecule has 3 fully saturated rings. The van der Waals surface area contributed by atoms with Crippen LogP contribution in [-0.2, 0) is 6.54 Å². The Morgan fingerprint density at radius 1 is 0.909 bits per heavy atom. The standard InChI is InChI=1S/C27H34N4O2/c1-3-9-25(22(7-1)18-29-13-5-6-14-29)32-20-21-11-12-23-19-31(16-15-30(23)17-21)27-24-8-2-4-10-26(24)33-28-27/h1-4,7-10,21,23H,5-6,11-20H2/t21-,23+/m1/s1. The van der Waals surface area contributed by atoms with E-state index in [2.05, 4.69) is 56.3 Å². The first-order valence-electron chi connectivity index (χ1n) is 12.6. The van der Waals surface area contributed by atoms with Crippen LogP contribution < -0.4 is 9.64 Å². The lowest BCUT2D eigenvalue weighted by Gasteiger charge is -2.46. The van der Waals surface area contributed by atoms with E-state index in [-0.39, 0.29) is 0 Å². The van der Waals surface area contributed by atoms with Crippen LogP contribution in [0.5, 0.6) is 5.75 Å². The van der Waals surface area contributed by atoms with Gasteiger partial charge in [0.2, 0.25) is 0 Å². The number of fused-ring (bicyclic) bond motifs is 2. The Hall–Kier alpha value is -2.57. The third kappa shape index (κ3) is 4.46. The quantitative estimate of drug-likeness (QED) is 0.559. The van der Waals surface area contributed by atoms with Crippen molar-refractivity contribution in [2.75, 3.05) is 50.8 Å². The van der Waals surface area contributed by atoms with E-state index in [9.17, 15) is 0 Å². The molecule has 3 aliphatic heterocycles. The zero-order valence-electron chi connectivity index (χ0n) is 19.4. The molecule has 6 heteroatoms. The fraction of sp³-hybridized carbons (Fsp3) is 0.519. The molecule has 33 heavy (non-hydrogen) atoms. The Morgan fingerprint density at radius 2 is 1.76 bits per heavy atom. The van der Waals surface area contributed by atoms with Crippen molar-refractivity contribution in [3.05, 3.63) is 54.1 Å². The topological polar surface area (TPSA) is 45.0 Å². The van der Waals surface area contributed by atoms with Crippen molar-refractivity contribution in [2.24, 2.45) is 5.92 Å². The minimum Gasteiger partial charge on any atom is -0.493 e. The molecule has 6 rings (SSSR count). The summed E-state index contributed by atoms with van der Waals surface area (Å²) in [6, 6.07) is 17.4. The van der Waals surface area contributed by atoms with Gasteiger partial charge >= 0.3 is 0 Å². The summed E-state index contributed by atoms with van der Waals surface area (Å²) in [5, 5.41) is 5.51. The third-order valence-corrected chi connectivity index (χ3v) is 7.70. The number of piperazine rings is 1. The van der Waals surface area contributed by atoms with Crippen molar-refractivity contribution in [2.45, 2.75) is 38.3 Å². The Morgan fingerprint density at radius 3 is 2.70 bits per heavy atom. The lowest BCUT2D eigenvalue weighted by atomic mass is 9.91. The molecule has 0 bridgehead atoms. The zero-order valence-corrected chi connectivity index (χ0v) is 19.4. The van der Waals surface area contributed by atoms with Crippen LogP contribution in [0.3, 0.4) is 0 Å². The minimum atomic E-state index is 0.591. The number of aromatic nitrogens is 1. The second-order valence-corrected chi connectivity index (χ2v) is 9.94. The van der Waals surface area contributed by atoms with Crippen LogP contribution >= 0.6 is 0 Å². The molecule has 0 N–H and O–H groups in total. The summed E-state index contributed by atoms with van der Waals surface area (Å²) in [7, 11) is 0. The van der Waals surface area contributed by atoms with E-state index in [1.807, 2.05) is 12.1 Å². The number of piperidine rings is 1. The fourth-order valence-electron chi connectivity index (χ4n) is 5.85. The van der Waals surface area contributed by atoms with E-state index in [0.717, 1.165) is 61.9 Å². The second kappa shape index (κ2) is 9.35. The van der Waals surface area contributed by atoms with E-state index >= 15 is 0 Å². The Labute approximate surface area is 196 Å². The zero-order chi connectivity index (χ0) is 22.0. The highest BCUT2D eigenvalue weighted by Gasteiger charge is 2.34. The van der Waals surface area contributed by atoms with Crippen LogP contribution in [0.25, 0.3) is 11.0 Å². The number of para-hydroxylation sites is 2. The van der Waals surface area contributed by atoms with E-state index in [1.54, 1.807) is 0 Å². The minimum absolute atomic E-state index is 0.591. The summed E-state index contributed by atoms with van der Waals surface area (Å²) in [5.74, 6) is 2.68. The van der Waals surface area contributed by atoms with Gasteiger partial charge < -0.3 is 14.2 Å². The van der Waals surface area contributed by atoms with Crippen LogP contribution in [0, 0.1) is 5.92 Å². The summed E-state index contributed by atoms with van der Waals surface area (Å²) in [6.45, 7) is 8.50. The second-order valence-electron chi connectivity index (χ2n) is 9.94. The van der Waals surface area contributed by atoms with Crippen LogP contribution in [-0.4, -0.2) is 66.9 Å². The van der Waals surface area contributed by atoms with Crippen molar-refractivity contribution in [1.82, 2.24) is 15.0 Å². The lowest BCUT2D eigenvalue weighted by molar-refractivity contribution is 0.0723. The van der Waals surface area contributed by atoms with Crippen molar-refractivity contribution in [3.63, 3.8) is 0 Å². The van der Waals surface area contributed by atoms with Gasteiger partial charge in [0.05, 0.1) is 12.0 Å². The highest BCUT2D eigenvalue weighted by atomic mass is 16.5. The monoisotopic (exact) mass is 446 g/mol. The molecule has 0 amide bonds. The number of benzene rings is 2. The predicted molar refractivity (Wildman–Crippen MR) is 131 cm³/mol. The number of hydrogen-bond acceptors (Lipinski definition) is 6. The van der Waals surface area contributed by atoms with Crippen molar-refractivity contribution in [1.29, 1.82) is 0 Å². The molecule has 3 saturated heterocycles. The average molecular weight is 447 g/mol. The maximum Gasteiger partial charge on any atom is 0.180 e. The first-order valence-corrected chi connectivity index (χ1v) is 12.6. The van der Waals surface area contributed by atoms with Crippen molar-refractivity contribution in [3.8, 4) is 5.75 Å². The van der Waals surface area contributed by atoms with Crippen molar-refractivity contribution >= 4 is 16.8 Å². The third-order valence-electron chi connectivity index (χ3n) is 7.70. The maximum absolute atomic E-state index is 6.41. The molecule has 2 atom stereocenters. The molecule has 0 unspecified atom stereocenters. The molecule has 6 nitrogen and oxygen atoms in total. The number of anilines is 1. The number of hydrogen-bond donors (Lipinski definition) is 0. The first kappa shape index (κ1) is 21.0. The fourth-order valence-corrected chi connectivity index (χ4v) is 5.85. The van der Waals surface area contributed by atoms with E-state index in [0.29, 0.717) is 12.0 Å². The molecule has 3 aliphatic rings. The molecule has 174 valence electrons. The van der Waals surface area contributed by atoms with E-state index < -0.39 is 0 Å². The molecule has 0 saturated carbocycles. The van der Waals surface area contributed by atoms with Crippen LogP contribution in [0.15, 0.2) is 53.1 Å². The summed E-state index contributed by atoms with van der Waals surface area (Å²) in [4.78, 5) is 7.63. The molecule has 0 spiro atoms. The van der Waals surface area contributed by atoms with Crippen LogP contribution in [0.2, 0.25) is 0 Å². The SMILES string of the molecule is c1ccc(OC[C@@H]2CC[C@H]3CN(c4noc5ccccc45)CCN3C2)c(CN2CCCC2)c1. The number of rotatable bonds is 6. The molecule has 0 radical (unpaired) electrons. The summed E-state index contributed by atoms with van der Waals surface area (Å²) in [6.07, 6.45) is 5.09. The molecule has 0 aliphatic carbocycles. The van der Waals surface area contributed by atoms with Gasteiger partial charge in [-0.3, -0.25) is 9.80 Å². The largest absolute Gasteiger partial charge is 0.493 e. The average Bonchev–Trinajstić information content (AvgIpc) is 3.53. The van der Waals surface area contributed by atoms with E-state index in [1.165, 1.54) is 44.3 Å². The molecule has 2 aromatic carbocycles. The highest BCUT2D eigenvalue weighted by molar-refractivity contribution is 5.88. The first-order chi connectivity index (χ1) is 16.3. The number of likely N-dealkylation sites (tertiary alicyclic amines) is 1. The molecule has 1 aromatic heterocycles. The van der Waals surface area contributed by atoms with E-state index in [4.69, 9.17) is 9.26 Å². The molecule has 4 heterocycles. The Kier molecular flexibility index (Phi) is 5.95. The number of nitrogens with zero attached hydrogens (tertiary/aromatic N) is 4.